The van der Waals surface area contributed by atoms with Crippen LogP contribution in [0.2, 0.25) is 0 Å². The number of imidazole rings is 1. The smallest absolute Gasteiger partial charge is 0.258 e. The second-order valence-corrected chi connectivity index (χ2v) is 6.05. The largest absolute Gasteiger partial charge is 0.482 e. The number of nitrogens with zero attached hydrogens (tertiary/aromatic N) is 4. The molecule has 2 N–H and O–H groups in total. The van der Waals surface area contributed by atoms with Crippen molar-refractivity contribution in [2.45, 2.75) is 13.0 Å². The monoisotopic (exact) mass is 362 g/mol. The first-order chi connectivity index (χ1) is 13.2. The fourth-order valence-electron chi connectivity index (χ4n) is 2.79. The number of carbonyl (C=O) groups is 1. The van der Waals surface area contributed by atoms with Crippen LogP contribution in [0.1, 0.15) is 18.8 Å². The Morgan fingerprint density at radius 2 is 1.89 bits per heavy atom. The summed E-state index contributed by atoms with van der Waals surface area (Å²) in [5, 5.41) is 10.5. The first-order valence-corrected chi connectivity index (χ1v) is 8.51. The fraction of sp³-hybridized carbons (Fsp3) is 0.158. The van der Waals surface area contributed by atoms with Crippen molar-refractivity contribution in [1.82, 2.24) is 30.0 Å². The van der Waals surface area contributed by atoms with Crippen LogP contribution in [-0.4, -0.2) is 37.2 Å². The number of amides is 1. The number of benzene rings is 2. The summed E-state index contributed by atoms with van der Waals surface area (Å²) in [7, 11) is 0. The highest BCUT2D eigenvalue weighted by Crippen LogP contribution is 2.22. The van der Waals surface area contributed by atoms with Crippen molar-refractivity contribution in [1.29, 1.82) is 0 Å². The number of hydrogen-bond acceptors (Lipinski definition) is 5. The molecule has 2 heterocycles. The minimum absolute atomic E-state index is 0.107. The maximum Gasteiger partial charge on any atom is 0.258 e. The normalized spacial score (nSPS) is 12.0. The standard InChI is InChI=1S/C19H18N6O2/c1-13(19-23-14-6-2-3-7-15(14)24-19)22-18(26)10-27-17-9-5-4-8-16(17)25-11-20-21-12-25/h2-9,11-13H,10H2,1H3,(H,22,26)(H,23,24)/t13-/m0/s1. The summed E-state index contributed by atoms with van der Waals surface area (Å²) >= 11 is 0. The van der Waals surface area contributed by atoms with Gasteiger partial charge in [-0.3, -0.25) is 9.36 Å². The number of aromatic nitrogens is 5. The van der Waals surface area contributed by atoms with Crippen LogP contribution in [0.15, 0.2) is 61.2 Å². The summed E-state index contributed by atoms with van der Waals surface area (Å²) < 4.78 is 7.43. The number of rotatable bonds is 6. The van der Waals surface area contributed by atoms with E-state index in [1.807, 2.05) is 49.4 Å². The van der Waals surface area contributed by atoms with Crippen molar-refractivity contribution in [2.24, 2.45) is 0 Å². The lowest BCUT2D eigenvalue weighted by atomic mass is 10.3. The van der Waals surface area contributed by atoms with Crippen molar-refractivity contribution >= 4 is 16.9 Å². The molecule has 0 aliphatic rings. The second-order valence-electron chi connectivity index (χ2n) is 6.05. The number of carbonyl (C=O) groups excluding carboxylic acids is 1. The summed E-state index contributed by atoms with van der Waals surface area (Å²) in [6.45, 7) is 1.77. The average molecular weight is 362 g/mol. The summed E-state index contributed by atoms with van der Waals surface area (Å²) in [6, 6.07) is 14.9. The number of para-hydroxylation sites is 4. The van der Waals surface area contributed by atoms with Crippen LogP contribution < -0.4 is 10.1 Å². The SMILES string of the molecule is C[C@H](NC(=O)COc1ccccc1-n1cnnc1)c1nc2ccccc2[nH]1. The van der Waals surface area contributed by atoms with Gasteiger partial charge in [-0.25, -0.2) is 4.98 Å². The maximum atomic E-state index is 12.3. The molecule has 8 nitrogen and oxygen atoms in total. The molecule has 2 aromatic carbocycles. The summed E-state index contributed by atoms with van der Waals surface area (Å²) in [4.78, 5) is 20.0. The second kappa shape index (κ2) is 7.28. The van der Waals surface area contributed by atoms with E-state index in [1.54, 1.807) is 23.3 Å². The van der Waals surface area contributed by atoms with Gasteiger partial charge in [-0.05, 0) is 31.2 Å². The van der Waals surface area contributed by atoms with E-state index in [0.29, 0.717) is 11.6 Å². The highest BCUT2D eigenvalue weighted by Gasteiger charge is 2.14. The van der Waals surface area contributed by atoms with Gasteiger partial charge in [0.1, 0.15) is 24.2 Å². The maximum absolute atomic E-state index is 12.3. The van der Waals surface area contributed by atoms with E-state index < -0.39 is 0 Å². The number of H-pyrrole nitrogens is 1. The van der Waals surface area contributed by atoms with E-state index in [0.717, 1.165) is 16.7 Å². The van der Waals surface area contributed by atoms with Crippen molar-refractivity contribution in [3.8, 4) is 11.4 Å². The molecule has 0 unspecified atom stereocenters. The van der Waals surface area contributed by atoms with Crippen LogP contribution in [0, 0.1) is 0 Å². The van der Waals surface area contributed by atoms with E-state index in [1.165, 1.54) is 0 Å². The third-order valence-corrected chi connectivity index (χ3v) is 4.12. The summed E-state index contributed by atoms with van der Waals surface area (Å²) in [5.41, 5.74) is 2.57. The van der Waals surface area contributed by atoms with Crippen LogP contribution in [0.3, 0.4) is 0 Å². The van der Waals surface area contributed by atoms with Crippen molar-refractivity contribution in [3.05, 3.63) is 67.0 Å². The van der Waals surface area contributed by atoms with Gasteiger partial charge in [-0.1, -0.05) is 24.3 Å². The molecular weight excluding hydrogens is 344 g/mol. The van der Waals surface area contributed by atoms with E-state index >= 15 is 0 Å². The van der Waals surface area contributed by atoms with Gasteiger partial charge in [-0.2, -0.15) is 0 Å². The predicted molar refractivity (Wildman–Crippen MR) is 99.5 cm³/mol. The molecule has 27 heavy (non-hydrogen) atoms. The first-order valence-electron chi connectivity index (χ1n) is 8.51. The molecule has 0 aliphatic carbocycles. The Morgan fingerprint density at radius 1 is 1.15 bits per heavy atom. The summed E-state index contributed by atoms with van der Waals surface area (Å²) in [6.07, 6.45) is 3.15. The Kier molecular flexibility index (Phi) is 4.52. The lowest BCUT2D eigenvalue weighted by Gasteiger charge is -2.14. The zero-order valence-electron chi connectivity index (χ0n) is 14.7. The average Bonchev–Trinajstić information content (AvgIpc) is 3.36. The molecule has 0 saturated heterocycles. The van der Waals surface area contributed by atoms with Crippen molar-refractivity contribution in [2.75, 3.05) is 6.61 Å². The van der Waals surface area contributed by atoms with Crippen LogP contribution in [0.5, 0.6) is 5.75 Å². The third kappa shape index (κ3) is 3.64. The molecule has 0 saturated carbocycles. The Balaban J connectivity index is 1.40. The molecule has 0 aliphatic heterocycles. The van der Waals surface area contributed by atoms with Gasteiger partial charge in [0, 0.05) is 0 Å². The molecule has 4 aromatic rings. The Labute approximate surface area is 155 Å². The molecule has 0 spiro atoms. The van der Waals surface area contributed by atoms with Gasteiger partial charge in [0.25, 0.3) is 5.91 Å². The van der Waals surface area contributed by atoms with Gasteiger partial charge in [0.2, 0.25) is 0 Å². The van der Waals surface area contributed by atoms with Crippen LogP contribution in [0.25, 0.3) is 16.7 Å². The minimum Gasteiger partial charge on any atom is -0.482 e. The molecule has 4 rings (SSSR count). The molecule has 0 bridgehead atoms. The molecule has 136 valence electrons. The number of aromatic amines is 1. The number of nitrogens with one attached hydrogen (secondary N) is 2. The van der Waals surface area contributed by atoms with E-state index in [9.17, 15) is 4.79 Å². The first kappa shape index (κ1) is 16.8. The van der Waals surface area contributed by atoms with Crippen molar-refractivity contribution in [3.63, 3.8) is 0 Å². The zero-order valence-corrected chi connectivity index (χ0v) is 14.7. The van der Waals surface area contributed by atoms with Crippen molar-refractivity contribution < 1.29 is 9.53 Å². The van der Waals surface area contributed by atoms with Gasteiger partial charge >= 0.3 is 0 Å². The molecule has 2 aromatic heterocycles. The Hall–Kier alpha value is -3.68. The molecule has 1 atom stereocenters. The summed E-state index contributed by atoms with van der Waals surface area (Å²) in [5.74, 6) is 1.04. The molecule has 0 fully saturated rings. The van der Waals surface area contributed by atoms with Crippen LogP contribution in [0.4, 0.5) is 0 Å². The minimum atomic E-state index is -0.262. The fourth-order valence-corrected chi connectivity index (χ4v) is 2.79. The van der Waals surface area contributed by atoms with E-state index in [2.05, 4.69) is 25.5 Å². The molecule has 0 radical (unpaired) electrons. The number of fused-ring (bicyclic) bond motifs is 1. The number of hydrogen-bond donors (Lipinski definition) is 2. The quantitative estimate of drug-likeness (QED) is 0.549. The lowest BCUT2D eigenvalue weighted by molar-refractivity contribution is -0.123. The molecule has 8 heteroatoms. The van der Waals surface area contributed by atoms with Gasteiger partial charge in [-0.15, -0.1) is 10.2 Å². The molecular formula is C19H18N6O2. The van der Waals surface area contributed by atoms with Gasteiger partial charge in [0.15, 0.2) is 6.61 Å². The van der Waals surface area contributed by atoms with Gasteiger partial charge in [0.05, 0.1) is 22.8 Å². The zero-order chi connectivity index (χ0) is 18.6. The van der Waals surface area contributed by atoms with Gasteiger partial charge < -0.3 is 15.0 Å². The van der Waals surface area contributed by atoms with E-state index in [4.69, 9.17) is 4.74 Å². The highest BCUT2D eigenvalue weighted by molar-refractivity contribution is 5.78. The number of ether oxygens (including phenoxy) is 1. The van der Waals surface area contributed by atoms with Crippen LogP contribution in [-0.2, 0) is 4.79 Å². The Bertz CT molecular complexity index is 1020. The topological polar surface area (TPSA) is 97.7 Å². The Morgan fingerprint density at radius 3 is 2.70 bits per heavy atom. The third-order valence-electron chi connectivity index (χ3n) is 4.12. The highest BCUT2D eigenvalue weighted by atomic mass is 16.5. The predicted octanol–water partition coefficient (Wildman–Crippen LogP) is 2.40. The van der Waals surface area contributed by atoms with Crippen LogP contribution >= 0.6 is 0 Å². The molecule has 1 amide bonds. The van der Waals surface area contributed by atoms with E-state index in [-0.39, 0.29) is 18.6 Å². The lowest BCUT2D eigenvalue weighted by Crippen LogP contribution is -2.31.